The standard InChI is InChI=1S/C17H22ClN/c18-16-7-2-1-4-11(16)10-19-17-9-12-8-15(17)14-6-3-5-13(12)14/h1-2,4,7,12-15,17,19H,3,5-6,8-10H2. The van der Waals surface area contributed by atoms with Crippen LogP contribution in [-0.4, -0.2) is 6.04 Å². The summed E-state index contributed by atoms with van der Waals surface area (Å²) in [6, 6.07) is 8.97. The molecule has 3 aliphatic carbocycles. The number of fused-ring (bicyclic) bond motifs is 5. The Kier molecular flexibility index (Phi) is 3.08. The Morgan fingerprint density at radius 3 is 2.79 bits per heavy atom. The van der Waals surface area contributed by atoms with Crippen molar-refractivity contribution in [3.8, 4) is 0 Å². The average molecular weight is 276 g/mol. The topological polar surface area (TPSA) is 12.0 Å². The number of halogens is 1. The van der Waals surface area contributed by atoms with Gasteiger partial charge in [-0.15, -0.1) is 0 Å². The molecule has 0 spiro atoms. The number of hydrogen-bond acceptors (Lipinski definition) is 1. The van der Waals surface area contributed by atoms with Crippen molar-refractivity contribution < 1.29 is 0 Å². The fourth-order valence-corrected chi connectivity index (χ4v) is 5.39. The van der Waals surface area contributed by atoms with Crippen molar-refractivity contribution in [1.82, 2.24) is 5.32 Å². The van der Waals surface area contributed by atoms with Crippen LogP contribution in [0.2, 0.25) is 5.02 Å². The van der Waals surface area contributed by atoms with E-state index < -0.39 is 0 Å². The second-order valence-electron chi connectivity index (χ2n) is 6.73. The molecule has 19 heavy (non-hydrogen) atoms. The van der Waals surface area contributed by atoms with Gasteiger partial charge in [-0.25, -0.2) is 0 Å². The van der Waals surface area contributed by atoms with Gasteiger partial charge in [0.25, 0.3) is 0 Å². The van der Waals surface area contributed by atoms with Gasteiger partial charge in [0.15, 0.2) is 0 Å². The maximum Gasteiger partial charge on any atom is 0.0450 e. The van der Waals surface area contributed by atoms with Gasteiger partial charge in [0, 0.05) is 17.6 Å². The molecule has 1 aromatic carbocycles. The van der Waals surface area contributed by atoms with Gasteiger partial charge >= 0.3 is 0 Å². The van der Waals surface area contributed by atoms with E-state index in [1.54, 1.807) is 0 Å². The Hall–Kier alpha value is -0.530. The van der Waals surface area contributed by atoms with Crippen LogP contribution in [0, 0.1) is 23.7 Å². The lowest BCUT2D eigenvalue weighted by Crippen LogP contribution is -2.38. The molecular weight excluding hydrogens is 254 g/mol. The summed E-state index contributed by atoms with van der Waals surface area (Å²) in [5.41, 5.74) is 1.25. The molecule has 0 radical (unpaired) electrons. The molecule has 0 aromatic heterocycles. The van der Waals surface area contributed by atoms with Crippen LogP contribution in [0.3, 0.4) is 0 Å². The minimum atomic E-state index is 0.751. The van der Waals surface area contributed by atoms with Crippen molar-refractivity contribution in [3.05, 3.63) is 34.9 Å². The first-order valence-electron chi connectivity index (χ1n) is 7.79. The molecule has 1 aromatic rings. The predicted molar refractivity (Wildman–Crippen MR) is 79.1 cm³/mol. The summed E-state index contributed by atoms with van der Waals surface area (Å²) >= 11 is 6.24. The second kappa shape index (κ2) is 4.79. The van der Waals surface area contributed by atoms with Gasteiger partial charge in [-0.3, -0.25) is 0 Å². The van der Waals surface area contributed by atoms with Crippen molar-refractivity contribution in [2.45, 2.75) is 44.7 Å². The zero-order chi connectivity index (χ0) is 12.8. The van der Waals surface area contributed by atoms with Crippen LogP contribution in [0.15, 0.2) is 24.3 Å². The third-order valence-corrected chi connectivity index (χ3v) is 6.31. The lowest BCUT2D eigenvalue weighted by molar-refractivity contribution is 0.208. The number of rotatable bonds is 3. The maximum atomic E-state index is 6.24. The molecule has 1 nitrogen and oxygen atoms in total. The molecule has 5 unspecified atom stereocenters. The Labute approximate surface area is 120 Å². The van der Waals surface area contributed by atoms with Gasteiger partial charge in [-0.2, -0.15) is 0 Å². The number of nitrogens with one attached hydrogen (secondary N) is 1. The van der Waals surface area contributed by atoms with E-state index in [2.05, 4.69) is 17.4 Å². The third-order valence-electron chi connectivity index (χ3n) is 5.94. The predicted octanol–water partition coefficient (Wildman–Crippen LogP) is 4.25. The Bertz CT molecular complexity index is 472. The van der Waals surface area contributed by atoms with Crippen LogP contribution in [0.25, 0.3) is 0 Å². The molecule has 3 aliphatic rings. The fourth-order valence-electron chi connectivity index (χ4n) is 5.19. The van der Waals surface area contributed by atoms with Gasteiger partial charge in [-0.05, 0) is 61.0 Å². The summed E-state index contributed by atoms with van der Waals surface area (Å²) in [6.07, 6.45) is 7.41. The van der Waals surface area contributed by atoms with E-state index in [0.717, 1.165) is 41.3 Å². The average Bonchev–Trinajstić information content (AvgIpc) is 3.10. The van der Waals surface area contributed by atoms with Crippen LogP contribution in [0.5, 0.6) is 0 Å². The van der Waals surface area contributed by atoms with Gasteiger partial charge < -0.3 is 5.32 Å². The SMILES string of the molecule is Clc1ccccc1CNC1CC2CC1C1CCCC21. The zero-order valence-corrected chi connectivity index (χ0v) is 12.1. The first-order chi connectivity index (χ1) is 9.33. The number of hydrogen-bond donors (Lipinski definition) is 1. The normalized spacial score (nSPS) is 39.7. The minimum absolute atomic E-state index is 0.751. The van der Waals surface area contributed by atoms with Crippen LogP contribution in [0.4, 0.5) is 0 Å². The summed E-state index contributed by atoms with van der Waals surface area (Å²) in [5.74, 6) is 4.12. The lowest BCUT2D eigenvalue weighted by Gasteiger charge is -2.32. The summed E-state index contributed by atoms with van der Waals surface area (Å²) in [6.45, 7) is 0.935. The van der Waals surface area contributed by atoms with E-state index >= 15 is 0 Å². The molecule has 0 saturated heterocycles. The molecule has 3 fully saturated rings. The maximum absolute atomic E-state index is 6.24. The van der Waals surface area contributed by atoms with E-state index in [-0.39, 0.29) is 0 Å². The first kappa shape index (κ1) is 12.2. The lowest BCUT2D eigenvalue weighted by atomic mass is 9.79. The van der Waals surface area contributed by atoms with Gasteiger partial charge in [0.2, 0.25) is 0 Å². The van der Waals surface area contributed by atoms with E-state index in [1.165, 1.54) is 37.7 Å². The summed E-state index contributed by atoms with van der Waals surface area (Å²) < 4.78 is 0. The summed E-state index contributed by atoms with van der Waals surface area (Å²) in [7, 11) is 0. The molecule has 4 rings (SSSR count). The van der Waals surface area contributed by atoms with Crippen LogP contribution in [-0.2, 0) is 6.54 Å². The molecule has 3 saturated carbocycles. The van der Waals surface area contributed by atoms with Crippen LogP contribution < -0.4 is 5.32 Å². The molecule has 0 aliphatic heterocycles. The van der Waals surface area contributed by atoms with Gasteiger partial charge in [-0.1, -0.05) is 36.2 Å². The number of benzene rings is 1. The van der Waals surface area contributed by atoms with E-state index in [1.807, 2.05) is 12.1 Å². The highest BCUT2D eigenvalue weighted by Gasteiger charge is 2.53. The highest BCUT2D eigenvalue weighted by molar-refractivity contribution is 6.31. The Morgan fingerprint density at radius 1 is 1.05 bits per heavy atom. The van der Waals surface area contributed by atoms with Crippen molar-refractivity contribution in [2.24, 2.45) is 23.7 Å². The third kappa shape index (κ3) is 2.02. The quantitative estimate of drug-likeness (QED) is 0.869. The van der Waals surface area contributed by atoms with Crippen molar-refractivity contribution in [3.63, 3.8) is 0 Å². The van der Waals surface area contributed by atoms with Crippen molar-refractivity contribution >= 4 is 11.6 Å². The molecule has 2 bridgehead atoms. The summed E-state index contributed by atoms with van der Waals surface area (Å²) in [5, 5.41) is 4.70. The van der Waals surface area contributed by atoms with Crippen molar-refractivity contribution in [1.29, 1.82) is 0 Å². The highest BCUT2D eigenvalue weighted by Crippen LogP contribution is 2.58. The molecule has 0 amide bonds. The molecule has 1 N–H and O–H groups in total. The van der Waals surface area contributed by atoms with Crippen LogP contribution >= 0.6 is 11.6 Å². The van der Waals surface area contributed by atoms with Gasteiger partial charge in [0.05, 0.1) is 0 Å². The van der Waals surface area contributed by atoms with E-state index in [0.29, 0.717) is 0 Å². The van der Waals surface area contributed by atoms with Crippen molar-refractivity contribution in [2.75, 3.05) is 0 Å². The molecular formula is C17H22ClN. The van der Waals surface area contributed by atoms with E-state index in [9.17, 15) is 0 Å². The zero-order valence-electron chi connectivity index (χ0n) is 11.3. The Balaban J connectivity index is 1.41. The van der Waals surface area contributed by atoms with E-state index in [4.69, 9.17) is 11.6 Å². The highest BCUT2D eigenvalue weighted by atomic mass is 35.5. The molecule has 102 valence electrons. The second-order valence-corrected chi connectivity index (χ2v) is 7.14. The summed E-state index contributed by atoms with van der Waals surface area (Å²) in [4.78, 5) is 0. The molecule has 2 heteroatoms. The molecule has 0 heterocycles. The fraction of sp³-hybridized carbons (Fsp3) is 0.647. The smallest absolute Gasteiger partial charge is 0.0450 e. The molecule has 5 atom stereocenters. The monoisotopic (exact) mass is 275 g/mol. The Morgan fingerprint density at radius 2 is 1.89 bits per heavy atom. The largest absolute Gasteiger partial charge is 0.310 e. The van der Waals surface area contributed by atoms with Gasteiger partial charge in [0.1, 0.15) is 0 Å². The minimum Gasteiger partial charge on any atom is -0.310 e. The van der Waals surface area contributed by atoms with Crippen LogP contribution in [0.1, 0.15) is 37.7 Å². The first-order valence-corrected chi connectivity index (χ1v) is 8.17.